The van der Waals surface area contributed by atoms with E-state index in [2.05, 4.69) is 20.4 Å². The van der Waals surface area contributed by atoms with Crippen molar-refractivity contribution in [2.24, 2.45) is 0 Å². The van der Waals surface area contributed by atoms with Crippen molar-refractivity contribution in [3.05, 3.63) is 12.2 Å². The van der Waals surface area contributed by atoms with E-state index in [9.17, 15) is 13.2 Å². The Morgan fingerprint density at radius 2 is 2.22 bits per heavy atom. The molecule has 1 N–H and O–H groups in total. The molecule has 2 rings (SSSR count). The molecule has 18 heavy (non-hydrogen) atoms. The van der Waals surface area contributed by atoms with Gasteiger partial charge in [-0.1, -0.05) is 0 Å². The third kappa shape index (κ3) is 3.42. The lowest BCUT2D eigenvalue weighted by Gasteiger charge is -2.32. The average molecular weight is 263 g/mol. The topological polar surface area (TPSA) is 46.0 Å². The molecule has 0 radical (unpaired) electrons. The van der Waals surface area contributed by atoms with Crippen molar-refractivity contribution in [1.29, 1.82) is 0 Å². The predicted molar refractivity (Wildman–Crippen MR) is 58.8 cm³/mol. The highest BCUT2D eigenvalue weighted by atomic mass is 19.4. The van der Waals surface area contributed by atoms with E-state index < -0.39 is 12.7 Å². The zero-order valence-electron chi connectivity index (χ0n) is 10.1. The first-order chi connectivity index (χ1) is 8.46. The van der Waals surface area contributed by atoms with Crippen LogP contribution < -0.4 is 5.32 Å². The fourth-order valence-corrected chi connectivity index (χ4v) is 2.01. The van der Waals surface area contributed by atoms with Crippen LogP contribution in [0.4, 0.5) is 13.2 Å². The number of nitrogens with zero attached hydrogens (tertiary/aromatic N) is 4. The van der Waals surface area contributed by atoms with Gasteiger partial charge in [0.25, 0.3) is 0 Å². The van der Waals surface area contributed by atoms with Crippen LogP contribution in [-0.4, -0.2) is 51.5 Å². The van der Waals surface area contributed by atoms with Crippen molar-refractivity contribution < 1.29 is 13.2 Å². The summed E-state index contributed by atoms with van der Waals surface area (Å²) in [6, 6.07) is 0.0396. The molecule has 1 aliphatic rings. The van der Waals surface area contributed by atoms with Crippen LogP contribution in [0.5, 0.6) is 0 Å². The van der Waals surface area contributed by atoms with E-state index in [-0.39, 0.29) is 6.04 Å². The summed E-state index contributed by atoms with van der Waals surface area (Å²) in [4.78, 5) is 2.10. The summed E-state index contributed by atoms with van der Waals surface area (Å²) in [6.07, 6.45) is -2.47. The lowest BCUT2D eigenvalue weighted by Crippen LogP contribution is -2.45. The highest BCUT2D eigenvalue weighted by molar-refractivity contribution is 4.91. The second kappa shape index (κ2) is 5.23. The Kier molecular flexibility index (Phi) is 3.86. The molecule has 0 spiro atoms. The first-order valence-corrected chi connectivity index (χ1v) is 5.84. The molecule has 102 valence electrons. The van der Waals surface area contributed by atoms with Gasteiger partial charge in [0.05, 0.1) is 13.1 Å². The molecule has 0 fully saturated rings. The molecular formula is C10H16F3N5. The average Bonchev–Trinajstić information content (AvgIpc) is 2.73. The van der Waals surface area contributed by atoms with Gasteiger partial charge >= 0.3 is 6.18 Å². The van der Waals surface area contributed by atoms with E-state index in [1.54, 1.807) is 6.33 Å². The lowest BCUT2D eigenvalue weighted by molar-refractivity contribution is -0.125. The fourth-order valence-electron chi connectivity index (χ4n) is 2.01. The number of hydrogen-bond donors (Lipinski definition) is 1. The monoisotopic (exact) mass is 263 g/mol. The molecule has 8 heteroatoms. The van der Waals surface area contributed by atoms with E-state index in [0.717, 1.165) is 18.9 Å². The van der Waals surface area contributed by atoms with Gasteiger partial charge in [0.15, 0.2) is 0 Å². The van der Waals surface area contributed by atoms with E-state index >= 15 is 0 Å². The number of nitrogens with one attached hydrogen (secondary N) is 1. The number of alkyl halides is 3. The Bertz CT molecular complexity index is 389. The number of hydrogen-bond acceptors (Lipinski definition) is 4. The van der Waals surface area contributed by atoms with Gasteiger partial charge in [0.2, 0.25) is 0 Å². The minimum atomic E-state index is -4.15. The number of rotatable bonds is 4. The Morgan fingerprint density at radius 1 is 1.44 bits per heavy atom. The van der Waals surface area contributed by atoms with Crippen LogP contribution in [0.3, 0.4) is 0 Å². The van der Waals surface area contributed by atoms with Crippen LogP contribution in [0.25, 0.3) is 0 Å². The van der Waals surface area contributed by atoms with Crippen LogP contribution in [0.2, 0.25) is 0 Å². The minimum Gasteiger partial charge on any atom is -0.315 e. The molecule has 5 nitrogen and oxygen atoms in total. The summed E-state index contributed by atoms with van der Waals surface area (Å²) < 4.78 is 38.0. The molecule has 0 amide bonds. The Balaban J connectivity index is 1.79. The summed E-state index contributed by atoms with van der Waals surface area (Å²) >= 11 is 0. The minimum absolute atomic E-state index is 0.0396. The van der Waals surface area contributed by atoms with Crippen LogP contribution >= 0.6 is 0 Å². The van der Waals surface area contributed by atoms with Gasteiger partial charge in [0, 0.05) is 25.7 Å². The van der Waals surface area contributed by atoms with Crippen LogP contribution in [0, 0.1) is 0 Å². The maximum Gasteiger partial charge on any atom is 0.401 e. The van der Waals surface area contributed by atoms with Gasteiger partial charge in [-0.25, -0.2) is 0 Å². The van der Waals surface area contributed by atoms with Crippen molar-refractivity contribution >= 4 is 0 Å². The highest BCUT2D eigenvalue weighted by Gasteiger charge is 2.27. The third-order valence-corrected chi connectivity index (χ3v) is 3.06. The summed E-state index contributed by atoms with van der Waals surface area (Å²) in [6.45, 7) is 3.51. The largest absolute Gasteiger partial charge is 0.401 e. The molecule has 1 aliphatic heterocycles. The van der Waals surface area contributed by atoms with E-state index in [1.165, 1.54) is 0 Å². The van der Waals surface area contributed by atoms with Crippen molar-refractivity contribution in [2.75, 3.05) is 19.6 Å². The summed E-state index contributed by atoms with van der Waals surface area (Å²) in [7, 11) is 0. The highest BCUT2D eigenvalue weighted by Crippen LogP contribution is 2.14. The predicted octanol–water partition coefficient (Wildman–Crippen LogP) is 0.634. The molecule has 1 unspecified atom stereocenters. The first-order valence-electron chi connectivity index (χ1n) is 5.84. The van der Waals surface area contributed by atoms with Crippen LogP contribution in [0.15, 0.2) is 6.33 Å². The Morgan fingerprint density at radius 3 is 2.94 bits per heavy atom. The number of fused-ring (bicyclic) bond motifs is 1. The van der Waals surface area contributed by atoms with Crippen LogP contribution in [0.1, 0.15) is 12.7 Å². The molecule has 0 bridgehead atoms. The Labute approximate surface area is 103 Å². The maximum atomic E-state index is 12.0. The molecule has 2 heterocycles. The van der Waals surface area contributed by atoms with Gasteiger partial charge in [-0.2, -0.15) is 13.2 Å². The zero-order chi connectivity index (χ0) is 13.2. The van der Waals surface area contributed by atoms with Crippen LogP contribution in [-0.2, 0) is 13.1 Å². The molecule has 0 aromatic carbocycles. The first kappa shape index (κ1) is 13.3. The summed E-state index contributed by atoms with van der Waals surface area (Å²) in [5.41, 5.74) is 0. The second-order valence-corrected chi connectivity index (χ2v) is 4.51. The van der Waals surface area contributed by atoms with Gasteiger partial charge in [0.1, 0.15) is 12.2 Å². The van der Waals surface area contributed by atoms with E-state index in [0.29, 0.717) is 13.1 Å². The van der Waals surface area contributed by atoms with Gasteiger partial charge in [-0.3, -0.25) is 4.90 Å². The smallest absolute Gasteiger partial charge is 0.315 e. The molecule has 0 saturated heterocycles. The standard InChI is InChI=1S/C10H16F3N5/c1-8(4-14-6-10(11,12)13)17-2-3-18-7-15-16-9(18)5-17/h7-8,14H,2-6H2,1H3. The maximum absolute atomic E-state index is 12.0. The summed E-state index contributed by atoms with van der Waals surface area (Å²) in [5.74, 6) is 0.865. The van der Waals surface area contributed by atoms with Gasteiger partial charge in [-0.15, -0.1) is 10.2 Å². The number of aromatic nitrogens is 3. The molecular weight excluding hydrogens is 247 g/mol. The second-order valence-electron chi connectivity index (χ2n) is 4.51. The molecule has 0 aliphatic carbocycles. The quantitative estimate of drug-likeness (QED) is 0.865. The van der Waals surface area contributed by atoms with Crippen molar-refractivity contribution in [2.45, 2.75) is 32.2 Å². The van der Waals surface area contributed by atoms with Gasteiger partial charge in [-0.05, 0) is 6.92 Å². The van der Waals surface area contributed by atoms with Gasteiger partial charge < -0.3 is 9.88 Å². The lowest BCUT2D eigenvalue weighted by atomic mass is 10.2. The van der Waals surface area contributed by atoms with Crippen molar-refractivity contribution in [3.63, 3.8) is 0 Å². The molecule has 0 saturated carbocycles. The van der Waals surface area contributed by atoms with E-state index in [4.69, 9.17) is 0 Å². The number of halogens is 3. The fraction of sp³-hybridized carbons (Fsp3) is 0.800. The SMILES string of the molecule is CC(CNCC(F)(F)F)N1CCn2cnnc2C1. The van der Waals surface area contributed by atoms with Crippen molar-refractivity contribution in [3.8, 4) is 0 Å². The molecule has 1 aromatic rings. The zero-order valence-corrected chi connectivity index (χ0v) is 10.1. The van der Waals surface area contributed by atoms with E-state index in [1.807, 2.05) is 11.5 Å². The summed E-state index contributed by atoms with van der Waals surface area (Å²) in [5, 5.41) is 10.2. The molecule has 1 aromatic heterocycles. The third-order valence-electron chi connectivity index (χ3n) is 3.06. The molecule has 1 atom stereocenters. The van der Waals surface area contributed by atoms with Crippen molar-refractivity contribution in [1.82, 2.24) is 25.0 Å². The normalized spacial score (nSPS) is 18.7. The Hall–Kier alpha value is -1.15.